The molecule has 3 heterocycles. The summed E-state index contributed by atoms with van der Waals surface area (Å²) in [5.41, 5.74) is 2.62. The number of benzene rings is 1. The summed E-state index contributed by atoms with van der Waals surface area (Å²) in [5.74, 6) is -0.126. The zero-order valence-corrected chi connectivity index (χ0v) is 18.3. The van der Waals surface area contributed by atoms with Crippen LogP contribution in [0.4, 0.5) is 5.69 Å². The SMILES string of the molecule is CNC(=O)C1(c2ccccn2)CCCN(C(=O)c2cccc(N3CCOCC3)c2C)C1. The van der Waals surface area contributed by atoms with Crippen molar-refractivity contribution in [2.24, 2.45) is 0 Å². The molecule has 0 aliphatic carbocycles. The van der Waals surface area contributed by atoms with Crippen molar-refractivity contribution in [3.63, 3.8) is 0 Å². The van der Waals surface area contributed by atoms with E-state index in [1.54, 1.807) is 13.2 Å². The normalized spacial score (nSPS) is 21.6. The largest absolute Gasteiger partial charge is 0.378 e. The van der Waals surface area contributed by atoms with Gasteiger partial charge in [0.2, 0.25) is 5.91 Å². The number of aromatic nitrogens is 1. The zero-order chi connectivity index (χ0) is 21.8. The molecule has 0 radical (unpaired) electrons. The van der Waals surface area contributed by atoms with Crippen molar-refractivity contribution in [3.05, 3.63) is 59.4 Å². The van der Waals surface area contributed by atoms with Gasteiger partial charge in [0.1, 0.15) is 5.41 Å². The molecule has 2 aliphatic heterocycles. The van der Waals surface area contributed by atoms with Crippen molar-refractivity contribution in [1.29, 1.82) is 0 Å². The van der Waals surface area contributed by atoms with Gasteiger partial charge in [-0.15, -0.1) is 0 Å². The number of ether oxygens (including phenoxy) is 1. The number of likely N-dealkylation sites (N-methyl/N-ethyl adjacent to an activating group) is 1. The van der Waals surface area contributed by atoms with Crippen LogP contribution < -0.4 is 10.2 Å². The molecule has 1 atom stereocenters. The monoisotopic (exact) mass is 422 g/mol. The molecule has 164 valence electrons. The van der Waals surface area contributed by atoms with Crippen molar-refractivity contribution in [1.82, 2.24) is 15.2 Å². The number of rotatable bonds is 4. The van der Waals surface area contributed by atoms with E-state index in [-0.39, 0.29) is 11.8 Å². The summed E-state index contributed by atoms with van der Waals surface area (Å²) in [6, 6.07) is 11.5. The average Bonchev–Trinajstić information content (AvgIpc) is 2.84. The molecule has 1 aromatic heterocycles. The highest BCUT2D eigenvalue weighted by Crippen LogP contribution is 2.35. The molecule has 4 rings (SSSR count). The van der Waals surface area contributed by atoms with Gasteiger partial charge in [-0.25, -0.2) is 0 Å². The maximum Gasteiger partial charge on any atom is 0.254 e. The van der Waals surface area contributed by atoms with Crippen molar-refractivity contribution in [2.75, 3.05) is 51.3 Å². The van der Waals surface area contributed by atoms with E-state index in [9.17, 15) is 9.59 Å². The van der Waals surface area contributed by atoms with Gasteiger partial charge in [0.05, 0.1) is 18.9 Å². The van der Waals surface area contributed by atoms with Gasteiger partial charge in [0.15, 0.2) is 0 Å². The summed E-state index contributed by atoms with van der Waals surface area (Å²) in [7, 11) is 1.64. The highest BCUT2D eigenvalue weighted by molar-refractivity contribution is 5.98. The van der Waals surface area contributed by atoms with E-state index >= 15 is 0 Å². The smallest absolute Gasteiger partial charge is 0.254 e. The minimum Gasteiger partial charge on any atom is -0.378 e. The quantitative estimate of drug-likeness (QED) is 0.817. The minimum absolute atomic E-state index is 0.0310. The molecule has 2 amide bonds. The Kier molecular flexibility index (Phi) is 6.23. The topological polar surface area (TPSA) is 74.8 Å². The standard InChI is InChI=1S/C24H30N4O3/c1-18-19(7-5-8-20(18)27-13-15-31-16-14-27)22(29)28-12-6-10-24(17-28,23(30)25-2)21-9-3-4-11-26-21/h3-5,7-9,11H,6,10,12-17H2,1-2H3,(H,25,30). The van der Waals surface area contributed by atoms with Crippen LogP contribution >= 0.6 is 0 Å². The van der Waals surface area contributed by atoms with E-state index in [0.717, 1.165) is 30.8 Å². The molecule has 0 saturated carbocycles. The Morgan fingerprint density at radius 2 is 1.90 bits per heavy atom. The first-order chi connectivity index (χ1) is 15.1. The van der Waals surface area contributed by atoms with Gasteiger partial charge >= 0.3 is 0 Å². The molecular formula is C24H30N4O3. The number of hydrogen-bond donors (Lipinski definition) is 1. The fourth-order valence-corrected chi connectivity index (χ4v) is 4.80. The number of piperidine rings is 1. The predicted molar refractivity (Wildman–Crippen MR) is 119 cm³/mol. The Morgan fingerprint density at radius 3 is 2.61 bits per heavy atom. The van der Waals surface area contributed by atoms with E-state index in [1.807, 2.05) is 42.2 Å². The first-order valence-electron chi connectivity index (χ1n) is 10.9. The number of carbonyl (C=O) groups is 2. The third-order valence-corrected chi connectivity index (χ3v) is 6.48. The Balaban J connectivity index is 1.64. The summed E-state index contributed by atoms with van der Waals surface area (Å²) >= 11 is 0. The zero-order valence-electron chi connectivity index (χ0n) is 18.3. The number of morpholine rings is 1. The molecule has 7 nitrogen and oxygen atoms in total. The number of pyridine rings is 1. The first kappa shape index (κ1) is 21.3. The van der Waals surface area contributed by atoms with Gasteiger partial charge in [-0.05, 0) is 49.6 Å². The summed E-state index contributed by atoms with van der Waals surface area (Å²) < 4.78 is 5.47. The van der Waals surface area contributed by atoms with Crippen molar-refractivity contribution < 1.29 is 14.3 Å². The minimum atomic E-state index is -0.834. The second-order valence-corrected chi connectivity index (χ2v) is 8.26. The molecule has 2 saturated heterocycles. The summed E-state index contributed by atoms with van der Waals surface area (Å²) in [6.07, 6.45) is 3.12. The third-order valence-electron chi connectivity index (χ3n) is 6.48. The molecule has 1 unspecified atom stereocenters. The van der Waals surface area contributed by atoms with Gasteiger partial charge < -0.3 is 19.9 Å². The van der Waals surface area contributed by atoms with Crippen LogP contribution in [0.25, 0.3) is 0 Å². The van der Waals surface area contributed by atoms with Gasteiger partial charge in [-0.3, -0.25) is 14.6 Å². The number of nitrogens with zero attached hydrogens (tertiary/aromatic N) is 3. The highest BCUT2D eigenvalue weighted by Gasteiger charge is 2.45. The van der Waals surface area contributed by atoms with Crippen molar-refractivity contribution >= 4 is 17.5 Å². The first-order valence-corrected chi connectivity index (χ1v) is 10.9. The highest BCUT2D eigenvalue weighted by atomic mass is 16.5. The van der Waals surface area contributed by atoms with Crippen molar-refractivity contribution in [3.8, 4) is 0 Å². The molecule has 7 heteroatoms. The summed E-state index contributed by atoms with van der Waals surface area (Å²) in [5, 5.41) is 2.80. The van der Waals surface area contributed by atoms with Gasteiger partial charge in [-0.2, -0.15) is 0 Å². The fraction of sp³-hybridized carbons (Fsp3) is 0.458. The van der Waals surface area contributed by atoms with Crippen LogP contribution in [0, 0.1) is 6.92 Å². The number of hydrogen-bond acceptors (Lipinski definition) is 5. The maximum atomic E-state index is 13.6. The molecular weight excluding hydrogens is 392 g/mol. The lowest BCUT2D eigenvalue weighted by atomic mass is 9.75. The average molecular weight is 423 g/mol. The molecule has 2 aromatic rings. The van der Waals surface area contributed by atoms with Crippen LogP contribution in [-0.2, 0) is 14.9 Å². The lowest BCUT2D eigenvalue weighted by molar-refractivity contribution is -0.128. The number of likely N-dealkylation sites (tertiary alicyclic amines) is 1. The molecule has 1 N–H and O–H groups in total. The Hall–Kier alpha value is -2.93. The van der Waals surface area contributed by atoms with E-state index in [2.05, 4.69) is 21.3 Å². The van der Waals surface area contributed by atoms with Gasteiger partial charge in [0, 0.05) is 50.7 Å². The molecule has 0 spiro atoms. The van der Waals surface area contributed by atoms with Crippen LogP contribution in [0.3, 0.4) is 0 Å². The lowest BCUT2D eigenvalue weighted by Crippen LogP contribution is -2.56. The Bertz CT molecular complexity index is 943. The number of nitrogens with one attached hydrogen (secondary N) is 1. The molecule has 1 aromatic carbocycles. The van der Waals surface area contributed by atoms with Crippen LogP contribution in [0.2, 0.25) is 0 Å². The van der Waals surface area contributed by atoms with Crippen LogP contribution in [0.1, 0.15) is 34.5 Å². The Morgan fingerprint density at radius 1 is 1.10 bits per heavy atom. The predicted octanol–water partition coefficient (Wildman–Crippen LogP) is 2.15. The second kappa shape index (κ2) is 9.06. The van der Waals surface area contributed by atoms with E-state index in [0.29, 0.717) is 44.0 Å². The number of carbonyl (C=O) groups excluding carboxylic acids is 2. The maximum absolute atomic E-state index is 13.6. The molecule has 2 aliphatic rings. The molecule has 31 heavy (non-hydrogen) atoms. The van der Waals surface area contributed by atoms with E-state index in [1.165, 1.54) is 0 Å². The number of amides is 2. The third kappa shape index (κ3) is 4.02. The van der Waals surface area contributed by atoms with Crippen LogP contribution in [-0.4, -0.2) is 68.1 Å². The second-order valence-electron chi connectivity index (χ2n) is 8.26. The fourth-order valence-electron chi connectivity index (χ4n) is 4.80. The van der Waals surface area contributed by atoms with Gasteiger partial charge in [-0.1, -0.05) is 12.1 Å². The van der Waals surface area contributed by atoms with Gasteiger partial charge in [0.25, 0.3) is 5.91 Å². The Labute approximate surface area is 183 Å². The molecule has 2 fully saturated rings. The van der Waals surface area contributed by atoms with E-state index in [4.69, 9.17) is 4.74 Å². The van der Waals surface area contributed by atoms with Crippen LogP contribution in [0.5, 0.6) is 0 Å². The lowest BCUT2D eigenvalue weighted by Gasteiger charge is -2.41. The molecule has 0 bridgehead atoms. The van der Waals surface area contributed by atoms with Crippen molar-refractivity contribution in [2.45, 2.75) is 25.2 Å². The summed E-state index contributed by atoms with van der Waals surface area (Å²) in [6.45, 7) is 6.00. The summed E-state index contributed by atoms with van der Waals surface area (Å²) in [4.78, 5) is 35.2. The number of anilines is 1. The van der Waals surface area contributed by atoms with E-state index < -0.39 is 5.41 Å². The van der Waals surface area contributed by atoms with Crippen LogP contribution in [0.15, 0.2) is 42.6 Å².